The van der Waals surface area contributed by atoms with Crippen molar-refractivity contribution in [3.63, 3.8) is 0 Å². The van der Waals surface area contributed by atoms with E-state index in [2.05, 4.69) is 9.88 Å². The van der Waals surface area contributed by atoms with E-state index in [1.54, 1.807) is 62.4 Å². The summed E-state index contributed by atoms with van der Waals surface area (Å²) in [7, 11) is -3.87. The maximum Gasteiger partial charge on any atom is 0.267 e. The zero-order valence-corrected chi connectivity index (χ0v) is 16.0. The maximum absolute atomic E-state index is 12.7. The molecule has 0 saturated heterocycles. The fourth-order valence-electron chi connectivity index (χ4n) is 2.59. The molecule has 0 aliphatic carbocycles. The Balaban J connectivity index is 1.86. The molecule has 0 aliphatic rings. The number of aromatic nitrogens is 1. The van der Waals surface area contributed by atoms with Crippen molar-refractivity contribution >= 4 is 15.7 Å². The Morgan fingerprint density at radius 1 is 1.04 bits per heavy atom. The number of nitrogens with one attached hydrogen (secondary N) is 1. The predicted octanol–water partition coefficient (Wildman–Crippen LogP) is 4.28. The molecular weight excluding hydrogens is 368 g/mol. The molecule has 0 aliphatic heterocycles. The normalized spacial score (nSPS) is 11.2. The number of rotatable bonds is 7. The first-order chi connectivity index (χ1) is 12.9. The van der Waals surface area contributed by atoms with E-state index in [4.69, 9.17) is 14.0 Å². The number of aryl methyl sites for hydroxylation is 2. The van der Waals surface area contributed by atoms with Gasteiger partial charge in [-0.2, -0.15) is 0 Å². The first-order valence-corrected chi connectivity index (χ1v) is 9.84. The number of nitrogens with zero attached hydrogens (tertiary/aromatic N) is 1. The SMILES string of the molecule is CCOc1ccc(Oc2ccccc2NS(=O)(=O)c2c(C)noc2C)cc1. The molecule has 0 saturated carbocycles. The fraction of sp³-hybridized carbons (Fsp3) is 0.211. The highest BCUT2D eigenvalue weighted by Crippen LogP contribution is 2.32. The standard InChI is InChI=1S/C19H20N2O5S/c1-4-24-15-9-11-16(12-10-15)25-18-8-6-5-7-17(18)21-27(22,23)19-13(2)20-26-14(19)3/h5-12,21H,4H2,1-3H3. The summed E-state index contributed by atoms with van der Waals surface area (Å²) in [5.74, 6) is 1.89. The molecule has 7 nitrogen and oxygen atoms in total. The summed E-state index contributed by atoms with van der Waals surface area (Å²) in [5, 5.41) is 3.70. The van der Waals surface area contributed by atoms with Gasteiger partial charge in [-0.15, -0.1) is 0 Å². The zero-order valence-electron chi connectivity index (χ0n) is 15.2. The average Bonchev–Trinajstić information content (AvgIpc) is 2.98. The molecule has 8 heteroatoms. The smallest absolute Gasteiger partial charge is 0.267 e. The number of hydrogen-bond acceptors (Lipinski definition) is 6. The minimum Gasteiger partial charge on any atom is -0.494 e. The molecule has 2 aromatic carbocycles. The van der Waals surface area contributed by atoms with Crippen LogP contribution in [0.2, 0.25) is 0 Å². The van der Waals surface area contributed by atoms with Gasteiger partial charge in [-0.1, -0.05) is 17.3 Å². The summed E-state index contributed by atoms with van der Waals surface area (Å²) in [6.07, 6.45) is 0. The van der Waals surface area contributed by atoms with Crippen LogP contribution >= 0.6 is 0 Å². The van der Waals surface area contributed by atoms with Crippen molar-refractivity contribution in [3.05, 3.63) is 60.0 Å². The molecule has 0 spiro atoms. The van der Waals surface area contributed by atoms with Gasteiger partial charge in [0.1, 0.15) is 17.2 Å². The molecule has 1 N–H and O–H groups in total. The van der Waals surface area contributed by atoms with Crippen molar-refractivity contribution in [1.29, 1.82) is 0 Å². The van der Waals surface area contributed by atoms with Gasteiger partial charge in [0.25, 0.3) is 10.0 Å². The minimum atomic E-state index is -3.87. The zero-order chi connectivity index (χ0) is 19.4. The summed E-state index contributed by atoms with van der Waals surface area (Å²) in [4.78, 5) is 0.0263. The van der Waals surface area contributed by atoms with Gasteiger partial charge in [-0.05, 0) is 57.2 Å². The number of anilines is 1. The summed E-state index contributed by atoms with van der Waals surface area (Å²) in [5.41, 5.74) is 0.608. The Labute approximate surface area is 158 Å². The van der Waals surface area contributed by atoms with Crippen LogP contribution in [0.3, 0.4) is 0 Å². The first kappa shape index (κ1) is 18.8. The lowest BCUT2D eigenvalue weighted by atomic mass is 10.3. The second-order valence-electron chi connectivity index (χ2n) is 5.76. The first-order valence-electron chi connectivity index (χ1n) is 8.36. The highest BCUT2D eigenvalue weighted by molar-refractivity contribution is 7.92. The van der Waals surface area contributed by atoms with Gasteiger partial charge in [-0.25, -0.2) is 8.42 Å². The van der Waals surface area contributed by atoms with Crippen molar-refractivity contribution in [2.75, 3.05) is 11.3 Å². The van der Waals surface area contributed by atoms with Crippen LogP contribution in [0.15, 0.2) is 57.9 Å². The molecule has 0 unspecified atom stereocenters. The van der Waals surface area contributed by atoms with Crippen LogP contribution in [0.4, 0.5) is 5.69 Å². The Hall–Kier alpha value is -3.00. The molecule has 142 valence electrons. The Bertz CT molecular complexity index is 1010. The highest BCUT2D eigenvalue weighted by Gasteiger charge is 2.25. The molecule has 0 bridgehead atoms. The van der Waals surface area contributed by atoms with E-state index in [-0.39, 0.29) is 10.7 Å². The molecule has 1 heterocycles. The van der Waals surface area contributed by atoms with Gasteiger partial charge in [0.2, 0.25) is 0 Å². The van der Waals surface area contributed by atoms with Gasteiger partial charge >= 0.3 is 0 Å². The molecule has 0 fully saturated rings. The largest absolute Gasteiger partial charge is 0.494 e. The van der Waals surface area contributed by atoms with Crippen molar-refractivity contribution in [2.45, 2.75) is 25.7 Å². The van der Waals surface area contributed by atoms with E-state index < -0.39 is 10.0 Å². The summed E-state index contributed by atoms with van der Waals surface area (Å²) in [6.45, 7) is 5.61. The van der Waals surface area contributed by atoms with E-state index in [0.29, 0.717) is 29.5 Å². The molecular formula is C19H20N2O5S. The number of benzene rings is 2. The quantitative estimate of drug-likeness (QED) is 0.649. The monoisotopic (exact) mass is 388 g/mol. The van der Waals surface area contributed by atoms with Crippen molar-refractivity contribution in [3.8, 4) is 17.2 Å². The lowest BCUT2D eigenvalue weighted by Crippen LogP contribution is -2.15. The van der Waals surface area contributed by atoms with Crippen LogP contribution < -0.4 is 14.2 Å². The summed E-state index contributed by atoms with van der Waals surface area (Å²) < 4.78 is 44.2. The topological polar surface area (TPSA) is 90.7 Å². The van der Waals surface area contributed by atoms with Gasteiger partial charge in [0.15, 0.2) is 16.4 Å². The number of ether oxygens (including phenoxy) is 2. The number of sulfonamides is 1. The second kappa shape index (κ2) is 7.71. The van der Waals surface area contributed by atoms with Crippen molar-refractivity contribution in [2.24, 2.45) is 0 Å². The van der Waals surface area contributed by atoms with Gasteiger partial charge in [0, 0.05) is 0 Å². The lowest BCUT2D eigenvalue weighted by Gasteiger charge is -2.13. The van der Waals surface area contributed by atoms with E-state index >= 15 is 0 Å². The van der Waals surface area contributed by atoms with E-state index in [1.165, 1.54) is 0 Å². The van der Waals surface area contributed by atoms with Crippen molar-refractivity contribution < 1.29 is 22.4 Å². The number of para-hydroxylation sites is 2. The van der Waals surface area contributed by atoms with E-state index in [0.717, 1.165) is 5.75 Å². The second-order valence-corrected chi connectivity index (χ2v) is 7.38. The van der Waals surface area contributed by atoms with Gasteiger partial charge in [-0.3, -0.25) is 4.72 Å². The van der Waals surface area contributed by atoms with Crippen LogP contribution in [0.1, 0.15) is 18.4 Å². The fourth-order valence-corrected chi connectivity index (χ4v) is 3.99. The van der Waals surface area contributed by atoms with Crippen LogP contribution in [0.25, 0.3) is 0 Å². The maximum atomic E-state index is 12.7. The molecule has 1 aromatic heterocycles. The summed E-state index contributed by atoms with van der Waals surface area (Å²) >= 11 is 0. The third kappa shape index (κ3) is 4.22. The third-order valence-corrected chi connectivity index (χ3v) is 5.34. The highest BCUT2D eigenvalue weighted by atomic mass is 32.2. The van der Waals surface area contributed by atoms with E-state index in [9.17, 15) is 8.42 Å². The van der Waals surface area contributed by atoms with Crippen LogP contribution in [-0.4, -0.2) is 20.2 Å². The molecule has 0 radical (unpaired) electrons. The van der Waals surface area contributed by atoms with Gasteiger partial charge in [0.05, 0.1) is 12.3 Å². The minimum absolute atomic E-state index is 0.0263. The Kier molecular flexibility index (Phi) is 5.36. The summed E-state index contributed by atoms with van der Waals surface area (Å²) in [6, 6.07) is 13.9. The Morgan fingerprint density at radius 2 is 1.70 bits per heavy atom. The average molecular weight is 388 g/mol. The molecule has 0 atom stereocenters. The van der Waals surface area contributed by atoms with Crippen LogP contribution in [0.5, 0.6) is 17.2 Å². The van der Waals surface area contributed by atoms with Crippen LogP contribution in [-0.2, 0) is 10.0 Å². The predicted molar refractivity (Wildman–Crippen MR) is 101 cm³/mol. The van der Waals surface area contributed by atoms with Gasteiger partial charge < -0.3 is 14.0 Å². The third-order valence-electron chi connectivity index (χ3n) is 3.73. The van der Waals surface area contributed by atoms with Crippen LogP contribution in [0, 0.1) is 13.8 Å². The van der Waals surface area contributed by atoms with Crippen molar-refractivity contribution in [1.82, 2.24) is 5.16 Å². The molecule has 0 amide bonds. The lowest BCUT2D eigenvalue weighted by molar-refractivity contribution is 0.339. The molecule has 27 heavy (non-hydrogen) atoms. The number of hydrogen-bond donors (Lipinski definition) is 1. The Morgan fingerprint density at radius 3 is 2.33 bits per heavy atom. The van der Waals surface area contributed by atoms with E-state index in [1.807, 2.05) is 6.92 Å². The molecule has 3 aromatic rings. The molecule has 3 rings (SSSR count).